The molecule has 13 heteroatoms. The van der Waals surface area contributed by atoms with Crippen molar-refractivity contribution in [3.05, 3.63) is 112 Å². The first-order chi connectivity index (χ1) is 25.6. The molecule has 264 valence electrons. The van der Waals surface area contributed by atoms with Gasteiger partial charge in [0.05, 0.1) is 48.4 Å². The number of piperidine rings is 1. The zero-order valence-electron chi connectivity index (χ0n) is 28.7. The van der Waals surface area contributed by atoms with Gasteiger partial charge in [-0.25, -0.2) is 4.39 Å². The summed E-state index contributed by atoms with van der Waals surface area (Å²) in [6.45, 7) is 2.61. The Morgan fingerprint density at radius 1 is 1.04 bits per heavy atom. The number of nitrogens with one attached hydrogen (secondary N) is 2. The van der Waals surface area contributed by atoms with Crippen LogP contribution >= 0.6 is 0 Å². The van der Waals surface area contributed by atoms with E-state index in [0.29, 0.717) is 75.7 Å². The molecule has 1 fully saturated rings. The summed E-state index contributed by atoms with van der Waals surface area (Å²) in [5, 5.41) is 6.63. The highest BCUT2D eigenvalue weighted by Gasteiger charge is 2.30. The second-order valence-corrected chi connectivity index (χ2v) is 12.9. The van der Waals surface area contributed by atoms with Gasteiger partial charge in [0.2, 0.25) is 11.8 Å². The van der Waals surface area contributed by atoms with Crippen LogP contribution in [0.25, 0.3) is 33.1 Å². The molecule has 12 nitrogen and oxygen atoms in total. The second kappa shape index (κ2) is 13.4. The number of nitrogens with zero attached hydrogens (tertiary/aromatic N) is 4. The normalized spacial score (nSPS) is 15.4. The number of anilines is 2. The van der Waals surface area contributed by atoms with Crippen LogP contribution in [0.5, 0.6) is 5.75 Å². The Bertz CT molecular complexity index is 2620. The van der Waals surface area contributed by atoms with Crippen LogP contribution in [-0.2, 0) is 16.6 Å². The zero-order valence-corrected chi connectivity index (χ0v) is 28.7. The molecule has 8 rings (SSSR count). The van der Waals surface area contributed by atoms with Gasteiger partial charge in [0.15, 0.2) is 0 Å². The number of hydrogen-bond acceptors (Lipinski definition) is 9. The van der Waals surface area contributed by atoms with Crippen molar-refractivity contribution < 1.29 is 27.9 Å². The van der Waals surface area contributed by atoms with E-state index in [-0.39, 0.29) is 36.0 Å². The van der Waals surface area contributed by atoms with E-state index in [9.17, 15) is 23.6 Å². The van der Waals surface area contributed by atoms with Gasteiger partial charge in [-0.3, -0.25) is 34.5 Å². The monoisotopic (exact) mass is 710 g/mol. The first-order valence-electron chi connectivity index (χ1n) is 16.9. The molecular weight excluding hydrogens is 679 g/mol. The maximum Gasteiger partial charge on any atom is 0.270 e. The summed E-state index contributed by atoms with van der Waals surface area (Å²) in [7, 11) is 1.63. The molecule has 2 aliphatic rings. The highest BCUT2D eigenvalue weighted by molar-refractivity contribution is 6.03. The van der Waals surface area contributed by atoms with Crippen LogP contribution in [0.15, 0.2) is 82.5 Å². The van der Waals surface area contributed by atoms with Gasteiger partial charge in [0.25, 0.3) is 11.5 Å². The molecule has 0 aliphatic carbocycles. The van der Waals surface area contributed by atoms with Crippen molar-refractivity contribution in [2.24, 2.45) is 7.05 Å². The third kappa shape index (κ3) is 6.24. The van der Waals surface area contributed by atoms with E-state index in [1.165, 1.54) is 16.7 Å². The van der Waals surface area contributed by atoms with Crippen LogP contribution in [0, 0.1) is 24.6 Å². The Balaban J connectivity index is 0.949. The average Bonchev–Trinajstić information content (AvgIpc) is 3.58. The number of carbonyl (C=O) groups excluding carboxylic acids is 3. The molecule has 6 heterocycles. The summed E-state index contributed by atoms with van der Waals surface area (Å²) < 4.78 is 27.9. The minimum absolute atomic E-state index is 0.0718. The fraction of sp³-hybridized carbons (Fsp3) is 0.200. The summed E-state index contributed by atoms with van der Waals surface area (Å²) >= 11 is 0. The molecule has 3 amide bonds. The molecule has 6 aromatic rings. The number of hydrogen-bond donors (Lipinski definition) is 2. The number of imide groups is 1. The Labute approximate surface area is 301 Å². The molecule has 0 saturated carbocycles. The Morgan fingerprint density at radius 2 is 1.91 bits per heavy atom. The number of halogens is 1. The minimum Gasteiger partial charge on any atom is -0.489 e. The number of benzene rings is 2. The maximum absolute atomic E-state index is 14.8. The lowest BCUT2D eigenvalue weighted by molar-refractivity contribution is -0.134. The standard InChI is InChI=1S/C40H31FN6O6/c1-22-14-28-32(46(2)40(22)51)16-25(41)17-33(28)47-12-13-52-36-18-31(44-20-34(36)47)24-6-8-30(43-19-24)39(50)42-11-3-4-23-5-9-35-27(15-23)29(21-53-35)26-7-10-37(48)45-38(26)49/h5-6,8-9,14-21,26H,7,10-13H2,1-2H3,(H,42,50)(H,45,48,49). The number of rotatable bonds is 5. The minimum atomic E-state index is -0.478. The van der Waals surface area contributed by atoms with Gasteiger partial charge in [-0.2, -0.15) is 0 Å². The Hall–Kier alpha value is -6.81. The van der Waals surface area contributed by atoms with E-state index in [2.05, 4.69) is 32.4 Å². The van der Waals surface area contributed by atoms with Crippen molar-refractivity contribution in [3.8, 4) is 28.8 Å². The van der Waals surface area contributed by atoms with E-state index in [0.717, 1.165) is 10.8 Å². The summed E-state index contributed by atoms with van der Waals surface area (Å²) in [6.07, 6.45) is 5.44. The number of carbonyl (C=O) groups is 3. The van der Waals surface area contributed by atoms with E-state index < -0.39 is 17.6 Å². The fourth-order valence-electron chi connectivity index (χ4n) is 6.84. The van der Waals surface area contributed by atoms with Gasteiger partial charge >= 0.3 is 0 Å². The number of ether oxygens (including phenoxy) is 1. The van der Waals surface area contributed by atoms with Crippen LogP contribution in [0.3, 0.4) is 0 Å². The molecule has 0 bridgehead atoms. The largest absolute Gasteiger partial charge is 0.489 e. The molecule has 0 radical (unpaired) electrons. The molecule has 2 N–H and O–H groups in total. The molecule has 1 atom stereocenters. The molecule has 53 heavy (non-hydrogen) atoms. The highest BCUT2D eigenvalue weighted by atomic mass is 19.1. The molecule has 1 saturated heterocycles. The molecule has 4 aromatic heterocycles. The average molecular weight is 711 g/mol. The zero-order chi connectivity index (χ0) is 36.8. The number of aryl methyl sites for hydroxylation is 2. The first kappa shape index (κ1) is 33.3. The lowest BCUT2D eigenvalue weighted by atomic mass is 9.90. The van der Waals surface area contributed by atoms with Crippen molar-refractivity contribution in [2.45, 2.75) is 25.7 Å². The quantitative estimate of drug-likeness (QED) is 0.186. The SMILES string of the molecule is Cc1cc2c(N3CCOc4cc(-c5ccc(C(=O)NCC#Cc6ccc7occ(C8CCC(=O)NC8=O)c7c6)nc5)ncc43)cc(F)cc2n(C)c1=O. The summed E-state index contributed by atoms with van der Waals surface area (Å²) in [5.74, 6) is 4.58. The lowest BCUT2D eigenvalue weighted by Crippen LogP contribution is -2.39. The topological polar surface area (TPSA) is 149 Å². The molecular formula is C40H31FN6O6. The van der Waals surface area contributed by atoms with Gasteiger partial charge in [0, 0.05) is 58.8 Å². The van der Waals surface area contributed by atoms with Crippen LogP contribution in [0.2, 0.25) is 0 Å². The number of amides is 3. The smallest absolute Gasteiger partial charge is 0.270 e. The van der Waals surface area contributed by atoms with Crippen molar-refractivity contribution >= 4 is 51.0 Å². The van der Waals surface area contributed by atoms with Crippen LogP contribution in [-0.4, -0.2) is 52.0 Å². The van der Waals surface area contributed by atoms with Gasteiger partial charge in [-0.1, -0.05) is 11.8 Å². The van der Waals surface area contributed by atoms with Crippen LogP contribution in [0.4, 0.5) is 15.8 Å². The summed E-state index contributed by atoms with van der Waals surface area (Å²) in [6, 6.07) is 15.1. The third-order valence-corrected chi connectivity index (χ3v) is 9.55. The Morgan fingerprint density at radius 3 is 2.72 bits per heavy atom. The second-order valence-electron chi connectivity index (χ2n) is 12.9. The van der Waals surface area contributed by atoms with Gasteiger partial charge in [-0.15, -0.1) is 0 Å². The molecule has 1 unspecified atom stereocenters. The van der Waals surface area contributed by atoms with E-state index >= 15 is 0 Å². The summed E-state index contributed by atoms with van der Waals surface area (Å²) in [5.41, 5.74) is 5.57. The lowest BCUT2D eigenvalue weighted by Gasteiger charge is -2.32. The van der Waals surface area contributed by atoms with E-state index in [1.807, 2.05) is 11.0 Å². The number of pyridine rings is 3. The highest BCUT2D eigenvalue weighted by Crippen LogP contribution is 2.41. The Kier molecular flexibility index (Phi) is 8.42. The number of furan rings is 1. The number of aromatic nitrogens is 3. The predicted octanol–water partition coefficient (Wildman–Crippen LogP) is 5.02. The molecule has 2 aliphatic heterocycles. The molecule has 2 aromatic carbocycles. The fourth-order valence-corrected chi connectivity index (χ4v) is 6.84. The van der Waals surface area contributed by atoms with Crippen molar-refractivity contribution in [1.29, 1.82) is 0 Å². The first-order valence-corrected chi connectivity index (χ1v) is 16.9. The van der Waals surface area contributed by atoms with Gasteiger partial charge < -0.3 is 23.9 Å². The van der Waals surface area contributed by atoms with Gasteiger partial charge in [-0.05, 0) is 61.9 Å². The summed E-state index contributed by atoms with van der Waals surface area (Å²) in [4.78, 5) is 60.3. The molecule has 0 spiro atoms. The van der Waals surface area contributed by atoms with Crippen LogP contribution < -0.4 is 25.8 Å². The third-order valence-electron chi connectivity index (χ3n) is 9.55. The van der Waals surface area contributed by atoms with Crippen molar-refractivity contribution in [3.63, 3.8) is 0 Å². The maximum atomic E-state index is 14.8. The number of fused-ring (bicyclic) bond motifs is 3. The van der Waals surface area contributed by atoms with Gasteiger partial charge in [0.1, 0.15) is 35.1 Å². The van der Waals surface area contributed by atoms with Crippen LogP contribution in [0.1, 0.15) is 45.9 Å². The predicted molar refractivity (Wildman–Crippen MR) is 194 cm³/mol. The van der Waals surface area contributed by atoms with E-state index in [4.69, 9.17) is 9.15 Å². The van der Waals surface area contributed by atoms with E-state index in [1.54, 1.807) is 69.0 Å². The van der Waals surface area contributed by atoms with Crippen molar-refractivity contribution in [1.82, 2.24) is 25.2 Å². The van der Waals surface area contributed by atoms with Crippen molar-refractivity contribution in [2.75, 3.05) is 24.6 Å².